The number of halogens is 1. The van der Waals surface area contributed by atoms with E-state index in [9.17, 15) is 19.2 Å². The Morgan fingerprint density at radius 2 is 1.74 bits per heavy atom. The van der Waals surface area contributed by atoms with Gasteiger partial charge in [-0.25, -0.2) is 9.18 Å². The number of allylic oxidation sites excluding steroid dienone is 1. The van der Waals surface area contributed by atoms with E-state index in [4.69, 9.17) is 0 Å². The number of hydrogen-bond donors (Lipinski definition) is 0. The monoisotopic (exact) mass is 370 g/mol. The van der Waals surface area contributed by atoms with Gasteiger partial charge in [-0.15, -0.1) is 0 Å². The highest BCUT2D eigenvalue weighted by Gasteiger charge is 2.70. The molecule has 0 unspecified atom stereocenters. The Morgan fingerprint density at radius 1 is 1.07 bits per heavy atom. The van der Waals surface area contributed by atoms with E-state index in [1.807, 2.05) is 25.1 Å². The van der Waals surface area contributed by atoms with Crippen molar-refractivity contribution in [2.45, 2.75) is 51.2 Å². The van der Waals surface area contributed by atoms with Crippen LogP contribution in [0.3, 0.4) is 0 Å². The minimum atomic E-state index is -2.57. The number of aryl methyl sites for hydroxylation is 1. The quantitative estimate of drug-likeness (QED) is 0.658. The fraction of sp³-hybridized carbons (Fsp3) is 0.400. The maximum absolute atomic E-state index is 16.6. The van der Waals surface area contributed by atoms with Crippen molar-refractivity contribution in [3.05, 3.63) is 46.5 Å². The first kappa shape index (κ1) is 17.6. The van der Waals surface area contributed by atoms with E-state index in [-0.39, 0.29) is 4.90 Å². The normalized spacial score (nSPS) is 31.4. The number of urea groups is 1. The van der Waals surface area contributed by atoms with E-state index in [0.717, 1.165) is 29.9 Å². The first-order valence-electron chi connectivity index (χ1n) is 8.77. The Morgan fingerprint density at radius 3 is 2.33 bits per heavy atom. The fourth-order valence-electron chi connectivity index (χ4n) is 4.90. The molecule has 1 aliphatic heterocycles. The second kappa shape index (κ2) is 5.34. The van der Waals surface area contributed by atoms with Crippen molar-refractivity contribution in [3.63, 3.8) is 0 Å². The first-order valence-corrected chi connectivity index (χ1v) is 8.77. The molecule has 0 N–H and O–H groups in total. The van der Waals surface area contributed by atoms with Gasteiger partial charge in [0.15, 0.2) is 0 Å². The molecule has 0 saturated carbocycles. The number of rotatable bonds is 0. The van der Waals surface area contributed by atoms with Gasteiger partial charge in [-0.3, -0.25) is 19.3 Å². The molecule has 6 nitrogen and oxygen atoms in total. The Hall–Kier alpha value is -2.83. The van der Waals surface area contributed by atoms with E-state index in [2.05, 4.69) is 0 Å². The van der Waals surface area contributed by atoms with E-state index in [1.54, 1.807) is 13.0 Å². The highest BCUT2D eigenvalue weighted by Crippen LogP contribution is 2.59. The van der Waals surface area contributed by atoms with Crippen LogP contribution in [-0.2, 0) is 14.4 Å². The van der Waals surface area contributed by atoms with Crippen molar-refractivity contribution in [1.29, 1.82) is 0 Å². The zero-order chi connectivity index (χ0) is 19.8. The van der Waals surface area contributed by atoms with Crippen LogP contribution in [0.4, 0.5) is 9.18 Å². The molecule has 0 spiro atoms. The lowest BCUT2D eigenvalue weighted by Crippen LogP contribution is -2.75. The second-order valence-corrected chi connectivity index (χ2v) is 7.55. The van der Waals surface area contributed by atoms with Crippen LogP contribution >= 0.6 is 0 Å². The van der Waals surface area contributed by atoms with Crippen LogP contribution in [0.5, 0.6) is 0 Å². The van der Waals surface area contributed by atoms with Crippen LogP contribution in [0, 0.1) is 6.92 Å². The Balaban J connectivity index is 2.03. The van der Waals surface area contributed by atoms with Crippen LogP contribution in [0.2, 0.25) is 0 Å². The van der Waals surface area contributed by atoms with Crippen molar-refractivity contribution >= 4 is 23.8 Å². The lowest BCUT2D eigenvalue weighted by Gasteiger charge is -2.57. The van der Waals surface area contributed by atoms with Gasteiger partial charge >= 0.3 is 6.03 Å². The third kappa shape index (κ3) is 1.99. The summed E-state index contributed by atoms with van der Waals surface area (Å²) >= 11 is 0. The SMILES string of the molecule is CC(=O)N1C(=O)N(C(C)=O)[C@H]2[C@@H]3C=C(C)[C@@H](c4ccc(C)cc43)[C@@]2(F)C1=O. The summed E-state index contributed by atoms with van der Waals surface area (Å²) in [7, 11) is 0. The van der Waals surface area contributed by atoms with E-state index >= 15 is 4.39 Å². The third-order valence-electron chi connectivity index (χ3n) is 5.86. The van der Waals surface area contributed by atoms with Gasteiger partial charge in [0.2, 0.25) is 17.5 Å². The number of imide groups is 4. The van der Waals surface area contributed by atoms with Crippen molar-refractivity contribution < 1.29 is 23.6 Å². The number of benzene rings is 1. The lowest BCUT2D eigenvalue weighted by atomic mass is 9.56. The summed E-state index contributed by atoms with van der Waals surface area (Å²) in [5, 5.41) is 0. The molecule has 5 rings (SSSR count). The molecule has 3 aliphatic carbocycles. The maximum Gasteiger partial charge on any atom is 0.340 e. The predicted octanol–water partition coefficient (Wildman–Crippen LogP) is 2.57. The predicted molar refractivity (Wildman–Crippen MR) is 93.5 cm³/mol. The Labute approximate surface area is 155 Å². The molecule has 1 fully saturated rings. The largest absolute Gasteiger partial charge is 0.340 e. The maximum atomic E-state index is 16.6. The second-order valence-electron chi connectivity index (χ2n) is 7.55. The molecule has 1 aromatic carbocycles. The molecule has 0 aromatic heterocycles. The molecule has 1 heterocycles. The van der Waals surface area contributed by atoms with Crippen LogP contribution in [-0.4, -0.2) is 45.3 Å². The van der Waals surface area contributed by atoms with Gasteiger partial charge in [0.1, 0.15) is 0 Å². The van der Waals surface area contributed by atoms with Crippen molar-refractivity contribution in [1.82, 2.24) is 9.80 Å². The molecule has 27 heavy (non-hydrogen) atoms. The zero-order valence-corrected chi connectivity index (χ0v) is 15.4. The van der Waals surface area contributed by atoms with Crippen LogP contribution in [0.25, 0.3) is 0 Å². The minimum absolute atomic E-state index is 0.264. The first-order chi connectivity index (χ1) is 12.6. The smallest absolute Gasteiger partial charge is 0.275 e. The van der Waals surface area contributed by atoms with Gasteiger partial charge in [0, 0.05) is 19.8 Å². The fourth-order valence-corrected chi connectivity index (χ4v) is 4.90. The molecule has 0 radical (unpaired) electrons. The van der Waals surface area contributed by atoms with E-state index in [0.29, 0.717) is 11.1 Å². The number of carbonyl (C=O) groups excluding carboxylic acids is 4. The van der Waals surface area contributed by atoms with Crippen LogP contribution < -0.4 is 0 Å². The van der Waals surface area contributed by atoms with Gasteiger partial charge in [0.25, 0.3) is 5.91 Å². The lowest BCUT2D eigenvalue weighted by molar-refractivity contribution is -0.164. The van der Waals surface area contributed by atoms with Crippen LogP contribution in [0.1, 0.15) is 49.3 Å². The van der Waals surface area contributed by atoms with Gasteiger partial charge in [0.05, 0.1) is 12.0 Å². The molecule has 2 bridgehead atoms. The summed E-state index contributed by atoms with van der Waals surface area (Å²) in [4.78, 5) is 51.1. The van der Waals surface area contributed by atoms with E-state index in [1.165, 1.54) is 0 Å². The summed E-state index contributed by atoms with van der Waals surface area (Å²) in [5.74, 6) is -4.37. The molecule has 140 valence electrons. The summed E-state index contributed by atoms with van der Waals surface area (Å²) in [5.41, 5.74) is 0.526. The number of amides is 5. The summed E-state index contributed by atoms with van der Waals surface area (Å²) in [6.07, 6.45) is 1.83. The molecule has 7 heteroatoms. The standard InChI is InChI=1S/C20H19FN2O4/c1-9-5-6-13-14(7-9)15-8-10(2)16(13)20(21)17(15)22(11(3)24)19(27)23(12(4)25)18(20)26/h5-8,15-17H,1-4H3/t15-,16+,17+,20+/m1/s1. The number of alkyl halides is 1. The molecule has 1 saturated heterocycles. The molecule has 4 aliphatic rings. The highest BCUT2D eigenvalue weighted by molar-refractivity contribution is 6.18. The topological polar surface area (TPSA) is 74.8 Å². The molecular formula is C20H19FN2O4. The number of hydrogen-bond acceptors (Lipinski definition) is 4. The van der Waals surface area contributed by atoms with Gasteiger partial charge in [-0.1, -0.05) is 35.4 Å². The molecule has 4 atom stereocenters. The average Bonchev–Trinajstić information content (AvgIpc) is 2.56. The molecular weight excluding hydrogens is 351 g/mol. The molecule has 1 aromatic rings. The van der Waals surface area contributed by atoms with Crippen LogP contribution in [0.15, 0.2) is 29.8 Å². The third-order valence-corrected chi connectivity index (χ3v) is 5.86. The van der Waals surface area contributed by atoms with Crippen molar-refractivity contribution in [2.75, 3.05) is 0 Å². The van der Waals surface area contributed by atoms with Crippen molar-refractivity contribution in [2.24, 2.45) is 0 Å². The van der Waals surface area contributed by atoms with Gasteiger partial charge in [-0.05, 0) is 25.0 Å². The average molecular weight is 370 g/mol. The summed E-state index contributed by atoms with van der Waals surface area (Å²) in [6.45, 7) is 5.79. The minimum Gasteiger partial charge on any atom is -0.275 e. The van der Waals surface area contributed by atoms with Gasteiger partial charge in [-0.2, -0.15) is 4.90 Å². The highest BCUT2D eigenvalue weighted by atomic mass is 19.1. The Kier molecular flexibility index (Phi) is 3.48. The van der Waals surface area contributed by atoms with Crippen molar-refractivity contribution in [3.8, 4) is 0 Å². The molecule has 5 amide bonds. The summed E-state index contributed by atoms with van der Waals surface area (Å²) < 4.78 is 16.6. The zero-order valence-electron chi connectivity index (χ0n) is 15.4. The number of carbonyl (C=O) groups is 4. The van der Waals surface area contributed by atoms with E-state index < -0.39 is 47.3 Å². The van der Waals surface area contributed by atoms with Gasteiger partial charge < -0.3 is 0 Å². The number of nitrogens with zero attached hydrogens (tertiary/aromatic N) is 2. The summed E-state index contributed by atoms with van der Waals surface area (Å²) in [6, 6.07) is 3.16. The Bertz CT molecular complexity index is 969.